The summed E-state index contributed by atoms with van der Waals surface area (Å²) in [7, 11) is 1.33. The Kier molecular flexibility index (Phi) is 4.17. The van der Waals surface area contributed by atoms with Gasteiger partial charge in [0.15, 0.2) is 5.78 Å². The van der Waals surface area contributed by atoms with Gasteiger partial charge in [-0.1, -0.05) is 28.1 Å². The van der Waals surface area contributed by atoms with E-state index in [-0.39, 0.29) is 11.7 Å². The molecule has 1 aliphatic rings. The van der Waals surface area contributed by atoms with E-state index in [9.17, 15) is 9.59 Å². The van der Waals surface area contributed by atoms with Gasteiger partial charge in [-0.05, 0) is 37.0 Å². The lowest BCUT2D eigenvalue weighted by Gasteiger charge is -2.13. The second-order valence-electron chi connectivity index (χ2n) is 4.59. The van der Waals surface area contributed by atoms with Crippen LogP contribution in [0.3, 0.4) is 0 Å². The summed E-state index contributed by atoms with van der Waals surface area (Å²) in [6.45, 7) is 0. The monoisotopic (exact) mass is 310 g/mol. The van der Waals surface area contributed by atoms with Gasteiger partial charge in [-0.25, -0.2) is 0 Å². The molecule has 1 saturated carbocycles. The molecule has 0 N–H and O–H groups in total. The van der Waals surface area contributed by atoms with Crippen molar-refractivity contribution in [2.45, 2.75) is 19.3 Å². The van der Waals surface area contributed by atoms with Crippen LogP contribution in [0.2, 0.25) is 0 Å². The zero-order valence-corrected chi connectivity index (χ0v) is 11.8. The molecular formula is C14H15BrO3. The Morgan fingerprint density at radius 1 is 1.44 bits per heavy atom. The van der Waals surface area contributed by atoms with Gasteiger partial charge in [0.05, 0.1) is 7.11 Å². The highest BCUT2D eigenvalue weighted by Gasteiger charge is 2.38. The predicted octanol–water partition coefficient (Wildman–Crippen LogP) is 2.76. The van der Waals surface area contributed by atoms with Crippen LogP contribution in [0.4, 0.5) is 0 Å². The number of methoxy groups -OCH3 is 1. The van der Waals surface area contributed by atoms with Gasteiger partial charge in [0.2, 0.25) is 0 Å². The van der Waals surface area contributed by atoms with E-state index in [0.29, 0.717) is 6.42 Å². The number of hydrogen-bond acceptors (Lipinski definition) is 3. The smallest absolute Gasteiger partial charge is 0.316 e. The first kappa shape index (κ1) is 13.3. The molecule has 0 saturated heterocycles. The third-order valence-corrected chi connectivity index (χ3v) is 3.63. The Labute approximate surface area is 115 Å². The van der Waals surface area contributed by atoms with Crippen LogP contribution in [0.1, 0.15) is 18.4 Å². The summed E-state index contributed by atoms with van der Waals surface area (Å²) in [6.07, 6.45) is 2.23. The Bertz CT molecular complexity index is 466. The minimum Gasteiger partial charge on any atom is -0.468 e. The van der Waals surface area contributed by atoms with Crippen LogP contribution in [0.5, 0.6) is 0 Å². The summed E-state index contributed by atoms with van der Waals surface area (Å²) in [6, 6.07) is 7.66. The Morgan fingerprint density at radius 2 is 2.17 bits per heavy atom. The van der Waals surface area contributed by atoms with E-state index < -0.39 is 11.9 Å². The van der Waals surface area contributed by atoms with Gasteiger partial charge in [0.25, 0.3) is 0 Å². The van der Waals surface area contributed by atoms with Gasteiger partial charge >= 0.3 is 5.97 Å². The van der Waals surface area contributed by atoms with E-state index in [1.165, 1.54) is 7.11 Å². The molecule has 1 atom stereocenters. The fraction of sp³-hybridized carbons (Fsp3) is 0.429. The van der Waals surface area contributed by atoms with Gasteiger partial charge < -0.3 is 4.74 Å². The maximum Gasteiger partial charge on any atom is 0.316 e. The van der Waals surface area contributed by atoms with Crippen molar-refractivity contribution in [2.24, 2.45) is 11.8 Å². The molecule has 96 valence electrons. The second-order valence-corrected chi connectivity index (χ2v) is 5.50. The van der Waals surface area contributed by atoms with Gasteiger partial charge in [0.1, 0.15) is 5.92 Å². The maximum absolute atomic E-state index is 12.1. The molecule has 1 aromatic rings. The lowest BCUT2D eigenvalue weighted by molar-refractivity contribution is -0.149. The van der Waals surface area contributed by atoms with E-state index in [1.54, 1.807) is 0 Å². The number of ketones is 1. The minimum absolute atomic E-state index is 0.0295. The Morgan fingerprint density at radius 3 is 2.72 bits per heavy atom. The summed E-state index contributed by atoms with van der Waals surface area (Å²) in [5.41, 5.74) is 0.966. The highest BCUT2D eigenvalue weighted by atomic mass is 79.9. The van der Waals surface area contributed by atoms with E-state index in [0.717, 1.165) is 22.9 Å². The van der Waals surface area contributed by atoms with Crippen molar-refractivity contribution >= 4 is 27.7 Å². The normalized spacial score (nSPS) is 16.1. The van der Waals surface area contributed by atoms with Crippen LogP contribution in [0.15, 0.2) is 28.7 Å². The summed E-state index contributed by atoms with van der Waals surface area (Å²) in [4.78, 5) is 23.8. The van der Waals surface area contributed by atoms with Crippen LogP contribution in [0.25, 0.3) is 0 Å². The average molecular weight is 311 g/mol. The first-order valence-electron chi connectivity index (χ1n) is 5.98. The summed E-state index contributed by atoms with van der Waals surface area (Å²) in [5, 5.41) is 0. The Balaban J connectivity index is 2.14. The van der Waals surface area contributed by atoms with Crippen molar-refractivity contribution in [2.75, 3.05) is 7.11 Å². The number of ether oxygens (including phenoxy) is 1. The largest absolute Gasteiger partial charge is 0.468 e. The molecule has 0 aromatic heterocycles. The number of Topliss-reactive ketones (excluding diaryl/α,β-unsaturated/α-hetero) is 1. The molecule has 3 nitrogen and oxygen atoms in total. The first-order chi connectivity index (χ1) is 8.61. The van der Waals surface area contributed by atoms with Crippen molar-refractivity contribution in [3.63, 3.8) is 0 Å². The molecular weight excluding hydrogens is 296 g/mol. The van der Waals surface area contributed by atoms with Crippen LogP contribution in [0, 0.1) is 11.8 Å². The molecule has 18 heavy (non-hydrogen) atoms. The molecule has 1 fully saturated rings. The number of carbonyl (C=O) groups is 2. The molecule has 1 unspecified atom stereocenters. The van der Waals surface area contributed by atoms with Crippen molar-refractivity contribution in [1.82, 2.24) is 0 Å². The molecule has 2 rings (SSSR count). The number of carbonyl (C=O) groups excluding carboxylic acids is 2. The van der Waals surface area contributed by atoms with Crippen LogP contribution >= 0.6 is 15.9 Å². The summed E-state index contributed by atoms with van der Waals surface area (Å²) >= 11 is 3.38. The fourth-order valence-electron chi connectivity index (χ4n) is 1.99. The first-order valence-corrected chi connectivity index (χ1v) is 6.77. The lowest BCUT2D eigenvalue weighted by atomic mass is 9.93. The molecule has 0 amide bonds. The van der Waals surface area contributed by atoms with Crippen LogP contribution in [-0.2, 0) is 20.7 Å². The van der Waals surface area contributed by atoms with Crippen molar-refractivity contribution in [3.8, 4) is 0 Å². The highest BCUT2D eigenvalue weighted by Crippen LogP contribution is 2.33. The molecule has 1 aliphatic carbocycles. The molecule has 1 aromatic carbocycles. The highest BCUT2D eigenvalue weighted by molar-refractivity contribution is 9.10. The SMILES string of the molecule is COC(=O)C(Cc1cccc(Br)c1)C(=O)C1CC1. The van der Waals surface area contributed by atoms with E-state index in [1.807, 2.05) is 24.3 Å². The zero-order valence-electron chi connectivity index (χ0n) is 10.2. The molecule has 0 radical (unpaired) electrons. The third kappa shape index (κ3) is 3.19. The van der Waals surface area contributed by atoms with Crippen molar-refractivity contribution < 1.29 is 14.3 Å². The lowest BCUT2D eigenvalue weighted by Crippen LogP contribution is -2.28. The Hall–Kier alpha value is -1.16. The topological polar surface area (TPSA) is 43.4 Å². The third-order valence-electron chi connectivity index (χ3n) is 3.14. The number of halogens is 1. The number of hydrogen-bond donors (Lipinski definition) is 0. The van der Waals surface area contributed by atoms with Gasteiger partial charge in [-0.15, -0.1) is 0 Å². The summed E-state index contributed by atoms with van der Waals surface area (Å²) < 4.78 is 5.69. The number of rotatable bonds is 5. The van der Waals surface area contributed by atoms with Crippen molar-refractivity contribution in [1.29, 1.82) is 0 Å². The average Bonchev–Trinajstić information content (AvgIpc) is 3.18. The van der Waals surface area contributed by atoms with Gasteiger partial charge in [-0.2, -0.15) is 0 Å². The molecule has 0 bridgehead atoms. The predicted molar refractivity (Wildman–Crippen MR) is 71.1 cm³/mol. The second kappa shape index (κ2) is 5.65. The maximum atomic E-state index is 12.1. The van der Waals surface area contributed by atoms with E-state index in [2.05, 4.69) is 15.9 Å². The van der Waals surface area contributed by atoms with E-state index in [4.69, 9.17) is 4.74 Å². The quantitative estimate of drug-likeness (QED) is 0.620. The summed E-state index contributed by atoms with van der Waals surface area (Å²) in [5.74, 6) is -0.980. The molecule has 0 aliphatic heterocycles. The molecule has 0 heterocycles. The van der Waals surface area contributed by atoms with Crippen LogP contribution in [-0.4, -0.2) is 18.9 Å². The van der Waals surface area contributed by atoms with Gasteiger partial charge in [-0.3, -0.25) is 9.59 Å². The van der Waals surface area contributed by atoms with Gasteiger partial charge in [0, 0.05) is 10.4 Å². The van der Waals surface area contributed by atoms with Crippen molar-refractivity contribution in [3.05, 3.63) is 34.3 Å². The standard InChI is InChI=1S/C14H15BrO3/c1-18-14(17)12(13(16)10-5-6-10)8-9-3-2-4-11(15)7-9/h2-4,7,10,12H,5-6,8H2,1H3. The number of benzene rings is 1. The fourth-order valence-corrected chi connectivity index (χ4v) is 2.44. The van der Waals surface area contributed by atoms with E-state index >= 15 is 0 Å². The molecule has 0 spiro atoms. The minimum atomic E-state index is -0.656. The molecule has 4 heteroatoms. The zero-order chi connectivity index (χ0) is 13.1. The van der Waals surface area contributed by atoms with Crippen LogP contribution < -0.4 is 0 Å². The number of esters is 1.